The summed E-state index contributed by atoms with van der Waals surface area (Å²) in [4.78, 5) is 13.5. The summed E-state index contributed by atoms with van der Waals surface area (Å²) in [6.45, 7) is 1.91. The molecule has 0 unspecified atom stereocenters. The molecule has 1 atom stereocenters. The predicted octanol–water partition coefficient (Wildman–Crippen LogP) is 2.04. The van der Waals surface area contributed by atoms with Crippen molar-refractivity contribution >= 4 is 11.8 Å². The van der Waals surface area contributed by atoms with Crippen LogP contribution in [0, 0.1) is 0 Å². The SMILES string of the molecule is C[C@H](N)c1ccc(Sc2ncccn2)cn1. The molecule has 0 spiro atoms. The van der Waals surface area contributed by atoms with Crippen LogP contribution >= 0.6 is 11.8 Å². The summed E-state index contributed by atoms with van der Waals surface area (Å²) in [6.07, 6.45) is 5.23. The second-order valence-electron chi connectivity index (χ2n) is 3.34. The molecule has 0 amide bonds. The van der Waals surface area contributed by atoms with Gasteiger partial charge in [0.15, 0.2) is 5.16 Å². The van der Waals surface area contributed by atoms with E-state index in [4.69, 9.17) is 5.73 Å². The largest absolute Gasteiger partial charge is 0.323 e. The number of nitrogens with zero attached hydrogens (tertiary/aromatic N) is 3. The van der Waals surface area contributed by atoms with Crippen molar-refractivity contribution in [2.45, 2.75) is 23.0 Å². The van der Waals surface area contributed by atoms with Crippen LogP contribution in [0.4, 0.5) is 0 Å². The van der Waals surface area contributed by atoms with Crippen molar-refractivity contribution in [3.05, 3.63) is 42.5 Å². The van der Waals surface area contributed by atoms with E-state index < -0.39 is 0 Å². The number of rotatable bonds is 3. The minimum Gasteiger partial charge on any atom is -0.323 e. The monoisotopic (exact) mass is 232 g/mol. The summed E-state index contributed by atoms with van der Waals surface area (Å²) in [5, 5.41) is 0.720. The van der Waals surface area contributed by atoms with Gasteiger partial charge in [-0.05, 0) is 36.9 Å². The molecule has 4 nitrogen and oxygen atoms in total. The number of pyridine rings is 1. The zero-order valence-electron chi connectivity index (χ0n) is 8.87. The predicted molar refractivity (Wildman–Crippen MR) is 63.0 cm³/mol. The van der Waals surface area contributed by atoms with E-state index in [9.17, 15) is 0 Å². The molecular weight excluding hydrogens is 220 g/mol. The van der Waals surface area contributed by atoms with E-state index in [0.29, 0.717) is 0 Å². The van der Waals surface area contributed by atoms with E-state index >= 15 is 0 Å². The Hall–Kier alpha value is -1.46. The average molecular weight is 232 g/mol. The van der Waals surface area contributed by atoms with Gasteiger partial charge >= 0.3 is 0 Å². The van der Waals surface area contributed by atoms with Gasteiger partial charge in [0.1, 0.15) is 0 Å². The van der Waals surface area contributed by atoms with Gasteiger partial charge in [0.25, 0.3) is 0 Å². The van der Waals surface area contributed by atoms with Gasteiger partial charge in [-0.3, -0.25) is 4.98 Å². The molecule has 0 aromatic carbocycles. The first-order valence-corrected chi connectivity index (χ1v) is 5.74. The van der Waals surface area contributed by atoms with Crippen molar-refractivity contribution in [3.63, 3.8) is 0 Å². The highest BCUT2D eigenvalue weighted by Gasteiger charge is 2.03. The highest BCUT2D eigenvalue weighted by Crippen LogP contribution is 2.23. The Morgan fingerprint density at radius 3 is 2.50 bits per heavy atom. The molecule has 0 fully saturated rings. The highest BCUT2D eigenvalue weighted by atomic mass is 32.2. The minimum atomic E-state index is -0.0352. The maximum absolute atomic E-state index is 5.72. The Morgan fingerprint density at radius 1 is 1.19 bits per heavy atom. The lowest BCUT2D eigenvalue weighted by Gasteiger charge is -2.04. The molecule has 0 aliphatic rings. The normalized spacial score (nSPS) is 12.4. The Balaban J connectivity index is 2.11. The van der Waals surface area contributed by atoms with Crippen molar-refractivity contribution < 1.29 is 0 Å². The molecule has 2 aromatic rings. The number of aromatic nitrogens is 3. The van der Waals surface area contributed by atoms with Crippen molar-refractivity contribution in [2.24, 2.45) is 5.73 Å². The molecule has 0 saturated carbocycles. The number of nitrogens with two attached hydrogens (primary N) is 1. The third kappa shape index (κ3) is 2.77. The Kier molecular flexibility index (Phi) is 3.48. The zero-order chi connectivity index (χ0) is 11.4. The molecule has 82 valence electrons. The van der Waals surface area contributed by atoms with Gasteiger partial charge in [-0.2, -0.15) is 0 Å². The number of hydrogen-bond donors (Lipinski definition) is 1. The van der Waals surface area contributed by atoms with E-state index in [1.165, 1.54) is 11.8 Å². The first-order valence-electron chi connectivity index (χ1n) is 4.92. The van der Waals surface area contributed by atoms with E-state index in [-0.39, 0.29) is 6.04 Å². The Labute approximate surface area is 98.3 Å². The van der Waals surface area contributed by atoms with Crippen LogP contribution in [0.1, 0.15) is 18.7 Å². The standard InChI is InChI=1S/C11H12N4S/c1-8(12)10-4-3-9(7-15-10)16-11-13-5-2-6-14-11/h2-8H,12H2,1H3/t8-/m0/s1. The summed E-state index contributed by atoms with van der Waals surface area (Å²) in [6, 6.07) is 5.66. The van der Waals surface area contributed by atoms with Crippen molar-refractivity contribution in [3.8, 4) is 0 Å². The molecule has 2 N–H and O–H groups in total. The highest BCUT2D eigenvalue weighted by molar-refractivity contribution is 7.99. The first kappa shape index (κ1) is 11.0. The van der Waals surface area contributed by atoms with Gasteiger partial charge in [-0.15, -0.1) is 0 Å². The Bertz CT molecular complexity index is 441. The fourth-order valence-electron chi connectivity index (χ4n) is 1.16. The fraction of sp³-hybridized carbons (Fsp3) is 0.182. The summed E-state index contributed by atoms with van der Waals surface area (Å²) in [7, 11) is 0. The molecule has 0 saturated heterocycles. The molecular formula is C11H12N4S. The topological polar surface area (TPSA) is 64.7 Å². The molecule has 2 aromatic heterocycles. The smallest absolute Gasteiger partial charge is 0.192 e. The van der Waals surface area contributed by atoms with Crippen molar-refractivity contribution in [1.29, 1.82) is 0 Å². The molecule has 0 aliphatic carbocycles. The van der Waals surface area contributed by atoms with Crippen LogP contribution in [-0.2, 0) is 0 Å². The summed E-state index contributed by atoms with van der Waals surface area (Å²) in [5.74, 6) is 0. The van der Waals surface area contributed by atoms with E-state index in [1.807, 2.05) is 19.1 Å². The van der Waals surface area contributed by atoms with Crippen LogP contribution in [-0.4, -0.2) is 15.0 Å². The number of hydrogen-bond acceptors (Lipinski definition) is 5. The van der Waals surface area contributed by atoms with Gasteiger partial charge in [0.2, 0.25) is 0 Å². The van der Waals surface area contributed by atoms with Crippen LogP contribution in [0.5, 0.6) is 0 Å². The molecule has 2 rings (SSSR count). The van der Waals surface area contributed by atoms with Crippen LogP contribution < -0.4 is 5.73 Å². The van der Waals surface area contributed by atoms with Gasteiger partial charge < -0.3 is 5.73 Å². The fourth-order valence-corrected chi connectivity index (χ4v) is 1.84. The van der Waals surface area contributed by atoms with Crippen LogP contribution in [0.2, 0.25) is 0 Å². The maximum Gasteiger partial charge on any atom is 0.192 e. The van der Waals surface area contributed by atoms with Gasteiger partial charge in [0.05, 0.1) is 5.69 Å². The summed E-state index contributed by atoms with van der Waals surface area (Å²) in [5.41, 5.74) is 6.61. The van der Waals surface area contributed by atoms with Crippen LogP contribution in [0.3, 0.4) is 0 Å². The second-order valence-corrected chi connectivity index (χ2v) is 4.38. The molecule has 0 aliphatic heterocycles. The molecule has 5 heteroatoms. The Morgan fingerprint density at radius 2 is 1.94 bits per heavy atom. The first-order chi connectivity index (χ1) is 7.75. The lowest BCUT2D eigenvalue weighted by molar-refractivity contribution is 0.777. The molecule has 0 radical (unpaired) electrons. The quantitative estimate of drug-likeness (QED) is 0.820. The van der Waals surface area contributed by atoms with Gasteiger partial charge in [-0.1, -0.05) is 0 Å². The minimum absolute atomic E-state index is 0.0352. The lowest BCUT2D eigenvalue weighted by Crippen LogP contribution is -2.06. The van der Waals surface area contributed by atoms with E-state index in [0.717, 1.165) is 15.7 Å². The lowest BCUT2D eigenvalue weighted by atomic mass is 10.2. The van der Waals surface area contributed by atoms with Crippen molar-refractivity contribution in [1.82, 2.24) is 15.0 Å². The summed E-state index contributed by atoms with van der Waals surface area (Å²) < 4.78 is 0. The van der Waals surface area contributed by atoms with Crippen LogP contribution in [0.15, 0.2) is 46.8 Å². The van der Waals surface area contributed by atoms with E-state index in [1.54, 1.807) is 24.7 Å². The molecule has 2 heterocycles. The third-order valence-corrected chi connectivity index (χ3v) is 2.85. The molecule has 16 heavy (non-hydrogen) atoms. The zero-order valence-corrected chi connectivity index (χ0v) is 9.69. The maximum atomic E-state index is 5.72. The second kappa shape index (κ2) is 5.05. The average Bonchev–Trinajstić information content (AvgIpc) is 2.31. The van der Waals surface area contributed by atoms with Crippen LogP contribution in [0.25, 0.3) is 0 Å². The van der Waals surface area contributed by atoms with Crippen molar-refractivity contribution in [2.75, 3.05) is 0 Å². The van der Waals surface area contributed by atoms with E-state index in [2.05, 4.69) is 15.0 Å². The molecule has 0 bridgehead atoms. The van der Waals surface area contributed by atoms with Gasteiger partial charge in [0, 0.05) is 29.5 Å². The summed E-state index contributed by atoms with van der Waals surface area (Å²) >= 11 is 1.48. The van der Waals surface area contributed by atoms with Gasteiger partial charge in [-0.25, -0.2) is 9.97 Å². The third-order valence-electron chi connectivity index (χ3n) is 1.98.